The van der Waals surface area contributed by atoms with Crippen LogP contribution in [0, 0.1) is 0 Å². The maximum atomic E-state index is 12.5. The lowest BCUT2D eigenvalue weighted by Crippen LogP contribution is -2.46. The van der Waals surface area contributed by atoms with E-state index in [2.05, 4.69) is 22.5 Å². The maximum Gasteiger partial charge on any atom is 0.254 e. The zero-order chi connectivity index (χ0) is 17.6. The van der Waals surface area contributed by atoms with E-state index in [-0.39, 0.29) is 24.1 Å². The van der Waals surface area contributed by atoms with Gasteiger partial charge in [-0.05, 0) is 32.3 Å². The summed E-state index contributed by atoms with van der Waals surface area (Å²) in [5, 5.41) is 7.41. The third-order valence-electron chi connectivity index (χ3n) is 4.72. The fourth-order valence-corrected chi connectivity index (χ4v) is 3.23. The van der Waals surface area contributed by atoms with Crippen LogP contribution in [0.3, 0.4) is 0 Å². The van der Waals surface area contributed by atoms with Gasteiger partial charge in [-0.25, -0.2) is 0 Å². The number of rotatable bonds is 6. The first kappa shape index (κ1) is 17.7. The highest BCUT2D eigenvalue weighted by atomic mass is 16.5. The van der Waals surface area contributed by atoms with Crippen molar-refractivity contribution in [3.05, 3.63) is 53.9 Å². The molecule has 1 N–H and O–H groups in total. The van der Waals surface area contributed by atoms with Crippen LogP contribution in [0.5, 0.6) is 0 Å². The van der Waals surface area contributed by atoms with E-state index < -0.39 is 0 Å². The Labute approximate surface area is 149 Å². The summed E-state index contributed by atoms with van der Waals surface area (Å²) >= 11 is 0. The Kier molecular flexibility index (Phi) is 5.87. The lowest BCUT2D eigenvalue weighted by Gasteiger charge is -2.32. The van der Waals surface area contributed by atoms with E-state index in [0.717, 1.165) is 31.2 Å². The number of carbonyl (C=O) groups excluding carboxylic acids is 1. The van der Waals surface area contributed by atoms with E-state index in [1.165, 1.54) is 0 Å². The summed E-state index contributed by atoms with van der Waals surface area (Å²) in [6.07, 6.45) is 7.74. The first-order chi connectivity index (χ1) is 12.1. The molecule has 25 heavy (non-hydrogen) atoms. The lowest BCUT2D eigenvalue weighted by molar-refractivity contribution is -0.00461. The maximum absolute atomic E-state index is 12.5. The van der Waals surface area contributed by atoms with E-state index in [1.54, 1.807) is 10.9 Å². The van der Waals surface area contributed by atoms with Crippen LogP contribution in [-0.2, 0) is 11.3 Å². The van der Waals surface area contributed by atoms with Gasteiger partial charge in [0.2, 0.25) is 0 Å². The molecule has 0 unspecified atom stereocenters. The van der Waals surface area contributed by atoms with Gasteiger partial charge in [0.25, 0.3) is 5.91 Å². The zero-order valence-corrected chi connectivity index (χ0v) is 15.0. The Morgan fingerprint density at radius 1 is 1.28 bits per heavy atom. The van der Waals surface area contributed by atoms with Crippen molar-refractivity contribution in [2.75, 3.05) is 0 Å². The number of nitrogens with one attached hydrogen (secondary N) is 1. The van der Waals surface area contributed by atoms with Crippen molar-refractivity contribution in [1.29, 1.82) is 0 Å². The molecule has 1 heterocycles. The summed E-state index contributed by atoms with van der Waals surface area (Å²) in [6, 6.07) is 10.5. The molecule has 0 bridgehead atoms. The standard InChI is InChI=1S/C20H27N3O2/c1-15(2)23-13-17(12-21-23)20(24)22-18-10-6-7-11-19(18)25-14-16-8-4-3-5-9-16/h3-5,8-9,12-13,15,18-19H,6-7,10-11,14H2,1-2H3,(H,22,24)/t18-,19-/m0/s1. The summed E-state index contributed by atoms with van der Waals surface area (Å²) in [5.74, 6) is -0.0629. The summed E-state index contributed by atoms with van der Waals surface area (Å²) in [4.78, 5) is 12.5. The molecule has 2 aromatic rings. The molecule has 0 radical (unpaired) electrons. The van der Waals surface area contributed by atoms with Crippen molar-refractivity contribution in [3.8, 4) is 0 Å². The molecule has 1 fully saturated rings. The van der Waals surface area contributed by atoms with E-state index in [0.29, 0.717) is 12.2 Å². The minimum Gasteiger partial charge on any atom is -0.371 e. The second-order valence-electron chi connectivity index (χ2n) is 7.00. The van der Waals surface area contributed by atoms with Gasteiger partial charge in [0.05, 0.1) is 30.5 Å². The summed E-state index contributed by atoms with van der Waals surface area (Å²) in [5.41, 5.74) is 1.78. The normalized spacial score (nSPS) is 20.6. The highest BCUT2D eigenvalue weighted by Crippen LogP contribution is 2.23. The van der Waals surface area contributed by atoms with Gasteiger partial charge in [-0.2, -0.15) is 5.10 Å². The summed E-state index contributed by atoms with van der Waals surface area (Å²) in [7, 11) is 0. The van der Waals surface area contributed by atoms with Crippen LogP contribution in [0.15, 0.2) is 42.7 Å². The van der Waals surface area contributed by atoms with Crippen molar-refractivity contribution in [2.45, 2.75) is 64.3 Å². The van der Waals surface area contributed by atoms with Crippen LogP contribution >= 0.6 is 0 Å². The fourth-order valence-electron chi connectivity index (χ4n) is 3.23. The van der Waals surface area contributed by atoms with Crippen LogP contribution < -0.4 is 5.32 Å². The topological polar surface area (TPSA) is 56.2 Å². The molecule has 0 spiro atoms. The van der Waals surface area contributed by atoms with Gasteiger partial charge < -0.3 is 10.1 Å². The van der Waals surface area contributed by atoms with E-state index in [9.17, 15) is 4.79 Å². The number of benzene rings is 1. The molecule has 1 amide bonds. The smallest absolute Gasteiger partial charge is 0.254 e. The van der Waals surface area contributed by atoms with E-state index in [1.807, 2.05) is 38.2 Å². The molecule has 0 saturated heterocycles. The van der Waals surface area contributed by atoms with Gasteiger partial charge in [-0.15, -0.1) is 0 Å². The number of aromatic nitrogens is 2. The van der Waals surface area contributed by atoms with Crippen LogP contribution in [0.1, 0.15) is 61.5 Å². The molecule has 0 aliphatic heterocycles. The van der Waals surface area contributed by atoms with Crippen LogP contribution in [-0.4, -0.2) is 27.8 Å². The lowest BCUT2D eigenvalue weighted by atomic mass is 9.92. The Morgan fingerprint density at radius 3 is 2.76 bits per heavy atom. The molecule has 5 heteroatoms. The molecule has 5 nitrogen and oxygen atoms in total. The quantitative estimate of drug-likeness (QED) is 0.871. The van der Waals surface area contributed by atoms with Crippen molar-refractivity contribution in [2.24, 2.45) is 0 Å². The monoisotopic (exact) mass is 341 g/mol. The minimum absolute atomic E-state index is 0.0624. The van der Waals surface area contributed by atoms with Gasteiger partial charge >= 0.3 is 0 Å². The van der Waals surface area contributed by atoms with Crippen molar-refractivity contribution in [3.63, 3.8) is 0 Å². The Bertz CT molecular complexity index is 681. The molecule has 1 aromatic heterocycles. The second kappa shape index (κ2) is 8.30. The summed E-state index contributed by atoms with van der Waals surface area (Å²) < 4.78 is 7.93. The summed E-state index contributed by atoms with van der Waals surface area (Å²) in [6.45, 7) is 4.68. The number of hydrogen-bond donors (Lipinski definition) is 1. The Hall–Kier alpha value is -2.14. The molecule has 1 aromatic carbocycles. The number of carbonyl (C=O) groups is 1. The molecule has 1 saturated carbocycles. The SMILES string of the molecule is CC(C)n1cc(C(=O)N[C@H]2CCCC[C@@H]2OCc2ccccc2)cn1. The first-order valence-electron chi connectivity index (χ1n) is 9.14. The predicted molar refractivity (Wildman–Crippen MR) is 97.4 cm³/mol. The zero-order valence-electron chi connectivity index (χ0n) is 15.0. The Balaban J connectivity index is 1.59. The molecule has 3 rings (SSSR count). The highest BCUT2D eigenvalue weighted by molar-refractivity contribution is 5.93. The highest BCUT2D eigenvalue weighted by Gasteiger charge is 2.28. The van der Waals surface area contributed by atoms with Crippen molar-refractivity contribution < 1.29 is 9.53 Å². The van der Waals surface area contributed by atoms with Crippen molar-refractivity contribution in [1.82, 2.24) is 15.1 Å². The van der Waals surface area contributed by atoms with Crippen LogP contribution in [0.2, 0.25) is 0 Å². The first-order valence-corrected chi connectivity index (χ1v) is 9.14. The van der Waals surface area contributed by atoms with Crippen molar-refractivity contribution >= 4 is 5.91 Å². The molecule has 1 aliphatic carbocycles. The number of ether oxygens (including phenoxy) is 1. The number of hydrogen-bond acceptors (Lipinski definition) is 3. The van der Waals surface area contributed by atoms with Crippen LogP contribution in [0.4, 0.5) is 0 Å². The van der Waals surface area contributed by atoms with E-state index >= 15 is 0 Å². The van der Waals surface area contributed by atoms with Crippen LogP contribution in [0.25, 0.3) is 0 Å². The average Bonchev–Trinajstić information content (AvgIpc) is 3.12. The third kappa shape index (κ3) is 4.69. The number of nitrogens with zero attached hydrogens (tertiary/aromatic N) is 2. The molecule has 2 atom stereocenters. The van der Waals surface area contributed by atoms with Gasteiger partial charge in [0, 0.05) is 12.2 Å². The molecular weight excluding hydrogens is 314 g/mol. The largest absolute Gasteiger partial charge is 0.371 e. The second-order valence-corrected chi connectivity index (χ2v) is 7.00. The third-order valence-corrected chi connectivity index (χ3v) is 4.72. The van der Waals surface area contributed by atoms with Gasteiger partial charge in [0.15, 0.2) is 0 Å². The molecule has 1 aliphatic rings. The predicted octanol–water partition coefficient (Wildman–Crippen LogP) is 3.72. The minimum atomic E-state index is -0.0629. The van der Waals surface area contributed by atoms with Gasteiger partial charge in [-0.3, -0.25) is 9.48 Å². The van der Waals surface area contributed by atoms with E-state index in [4.69, 9.17) is 4.74 Å². The molecular formula is C20H27N3O2. The molecule has 134 valence electrons. The average molecular weight is 341 g/mol. The van der Waals surface area contributed by atoms with Gasteiger partial charge in [0.1, 0.15) is 0 Å². The number of amides is 1. The van der Waals surface area contributed by atoms with Gasteiger partial charge in [-0.1, -0.05) is 43.2 Å². The Morgan fingerprint density at radius 2 is 2.04 bits per heavy atom. The fraction of sp³-hybridized carbons (Fsp3) is 0.500.